The number of unbranched alkanes of at least 4 members (excludes halogenated alkanes) is 2. The Balaban J connectivity index is 1.54. The number of carbonyl (C=O) groups is 3. The molecule has 3 fully saturated rings. The molecule has 4 aliphatic carbocycles. The Bertz CT molecular complexity index is 908. The van der Waals surface area contributed by atoms with Crippen LogP contribution < -0.4 is 0 Å². The molecule has 0 aromatic heterocycles. The van der Waals surface area contributed by atoms with Gasteiger partial charge < -0.3 is 9.84 Å². The summed E-state index contributed by atoms with van der Waals surface area (Å²) in [6.45, 7) is 8.25. The van der Waals surface area contributed by atoms with Gasteiger partial charge in [0.15, 0.2) is 11.6 Å². The maximum Gasteiger partial charge on any atom is 0.306 e. The van der Waals surface area contributed by atoms with Gasteiger partial charge in [0.05, 0.1) is 11.5 Å². The smallest absolute Gasteiger partial charge is 0.306 e. The maximum absolute atomic E-state index is 13.4. The highest BCUT2D eigenvalue weighted by atomic mass is 35.5. The molecule has 0 aromatic carbocycles. The molecule has 188 valence electrons. The molecule has 4 aliphatic rings. The normalized spacial score (nSPS) is 42.9. The third-order valence-electron chi connectivity index (χ3n) is 9.52. The number of halogens is 1. The molecule has 0 radical (unpaired) electrons. The fourth-order valence-corrected chi connectivity index (χ4v) is 8.72. The average Bonchev–Trinajstić information content (AvgIpc) is 3.03. The summed E-state index contributed by atoms with van der Waals surface area (Å²) < 4.78 is 5.36. The second kappa shape index (κ2) is 9.54. The highest BCUT2D eigenvalue weighted by Crippen LogP contribution is 2.67. The molecular formula is C28H39ClO5. The van der Waals surface area contributed by atoms with Crippen LogP contribution in [0.5, 0.6) is 0 Å². The number of Topliss-reactive ketones (excluding diaryl/α,β-unsaturated/α-hetero) is 1. The zero-order valence-electron chi connectivity index (χ0n) is 20.9. The number of aliphatic hydroxyl groups excluding tert-OH is 1. The van der Waals surface area contributed by atoms with E-state index in [9.17, 15) is 19.5 Å². The fourth-order valence-electron chi connectivity index (χ4n) is 8.22. The van der Waals surface area contributed by atoms with Gasteiger partial charge in [-0.15, -0.1) is 11.6 Å². The minimum Gasteiger partial charge on any atom is -0.458 e. The van der Waals surface area contributed by atoms with Gasteiger partial charge in [-0.2, -0.15) is 0 Å². The molecule has 9 atom stereocenters. The van der Waals surface area contributed by atoms with Crippen LogP contribution in [-0.2, 0) is 19.1 Å². The number of fused-ring (bicyclic) bond motifs is 5. The van der Waals surface area contributed by atoms with Crippen LogP contribution in [-0.4, -0.2) is 40.7 Å². The summed E-state index contributed by atoms with van der Waals surface area (Å²) in [5.74, 6) is -0.109. The Kier molecular flexibility index (Phi) is 7.19. The van der Waals surface area contributed by atoms with Gasteiger partial charge in [-0.05, 0) is 66.6 Å². The van der Waals surface area contributed by atoms with Gasteiger partial charge in [0.1, 0.15) is 6.61 Å². The maximum atomic E-state index is 13.4. The highest BCUT2D eigenvalue weighted by Gasteiger charge is 2.65. The Morgan fingerprint density at radius 1 is 1.24 bits per heavy atom. The van der Waals surface area contributed by atoms with Gasteiger partial charge in [-0.1, -0.05) is 46.6 Å². The molecule has 0 amide bonds. The number of rotatable bonds is 7. The van der Waals surface area contributed by atoms with E-state index >= 15 is 0 Å². The Morgan fingerprint density at radius 2 is 1.97 bits per heavy atom. The molecule has 1 N–H and O–H groups in total. The Morgan fingerprint density at radius 3 is 2.68 bits per heavy atom. The summed E-state index contributed by atoms with van der Waals surface area (Å²) in [6.07, 6.45) is 9.88. The number of alkyl halides is 1. The fraction of sp³-hybridized carbons (Fsp3) is 0.750. The molecule has 0 bridgehead atoms. The third kappa shape index (κ3) is 4.21. The van der Waals surface area contributed by atoms with Crippen LogP contribution in [0.1, 0.15) is 72.6 Å². The highest BCUT2D eigenvalue weighted by molar-refractivity contribution is 6.23. The zero-order valence-corrected chi connectivity index (χ0v) is 21.6. The molecule has 34 heavy (non-hydrogen) atoms. The first-order chi connectivity index (χ1) is 16.0. The lowest BCUT2D eigenvalue weighted by Gasteiger charge is -2.59. The number of hydrogen-bond acceptors (Lipinski definition) is 5. The quantitative estimate of drug-likeness (QED) is 0.307. The Labute approximate surface area is 208 Å². The molecule has 3 saturated carbocycles. The third-order valence-corrected chi connectivity index (χ3v) is 9.94. The first-order valence-electron chi connectivity index (χ1n) is 13.0. The summed E-state index contributed by atoms with van der Waals surface area (Å²) >= 11 is 6.86. The molecule has 6 heteroatoms. The van der Waals surface area contributed by atoms with Gasteiger partial charge in [0, 0.05) is 23.7 Å². The van der Waals surface area contributed by atoms with E-state index in [1.165, 1.54) is 0 Å². The van der Waals surface area contributed by atoms with Crippen LogP contribution in [0.4, 0.5) is 0 Å². The summed E-state index contributed by atoms with van der Waals surface area (Å²) in [5, 5.41) is 11.3. The van der Waals surface area contributed by atoms with Crippen molar-refractivity contribution in [3.05, 3.63) is 23.8 Å². The van der Waals surface area contributed by atoms with E-state index in [2.05, 4.69) is 27.7 Å². The van der Waals surface area contributed by atoms with Crippen LogP contribution in [0.15, 0.2) is 23.8 Å². The van der Waals surface area contributed by atoms with Crippen LogP contribution >= 0.6 is 11.6 Å². The van der Waals surface area contributed by atoms with Crippen molar-refractivity contribution in [3.8, 4) is 0 Å². The first-order valence-corrected chi connectivity index (χ1v) is 13.4. The lowest BCUT2D eigenvalue weighted by atomic mass is 9.46. The van der Waals surface area contributed by atoms with Crippen molar-refractivity contribution in [2.75, 3.05) is 6.61 Å². The van der Waals surface area contributed by atoms with Crippen molar-refractivity contribution in [2.24, 2.45) is 40.4 Å². The van der Waals surface area contributed by atoms with E-state index in [4.69, 9.17) is 16.3 Å². The molecule has 0 saturated heterocycles. The van der Waals surface area contributed by atoms with Crippen molar-refractivity contribution < 1.29 is 24.2 Å². The van der Waals surface area contributed by atoms with Crippen molar-refractivity contribution in [2.45, 2.75) is 84.1 Å². The zero-order chi connectivity index (χ0) is 24.8. The monoisotopic (exact) mass is 490 g/mol. The largest absolute Gasteiger partial charge is 0.458 e. The molecule has 4 rings (SSSR count). The van der Waals surface area contributed by atoms with Gasteiger partial charge in [0.25, 0.3) is 0 Å². The number of hydrogen-bond donors (Lipinski definition) is 1. The SMILES string of the molecule is CCCCCC(=O)OCC(=O)[C@H]1C(C)C[C@H]2[C@@H]3CC(Cl)C4=CC(=O)C=C[C@]4(C)[C@H]3C(O)C[C@]12C. The van der Waals surface area contributed by atoms with E-state index in [1.54, 1.807) is 12.2 Å². The van der Waals surface area contributed by atoms with Gasteiger partial charge in [-0.3, -0.25) is 14.4 Å². The van der Waals surface area contributed by atoms with Crippen LogP contribution in [0.3, 0.4) is 0 Å². The van der Waals surface area contributed by atoms with E-state index in [0.717, 1.165) is 31.3 Å². The summed E-state index contributed by atoms with van der Waals surface area (Å²) in [5.41, 5.74) is 0.0940. The summed E-state index contributed by atoms with van der Waals surface area (Å²) in [6, 6.07) is 0. The Hall–Kier alpha value is -1.46. The van der Waals surface area contributed by atoms with Gasteiger partial charge >= 0.3 is 5.97 Å². The number of aliphatic hydroxyl groups is 1. The number of esters is 1. The molecular weight excluding hydrogens is 452 g/mol. The second-order valence-electron chi connectivity index (χ2n) is 11.7. The topological polar surface area (TPSA) is 80.7 Å². The molecule has 5 nitrogen and oxygen atoms in total. The molecule has 0 aliphatic heterocycles. The molecule has 0 spiro atoms. The lowest BCUT2D eigenvalue weighted by molar-refractivity contribution is -0.154. The lowest BCUT2D eigenvalue weighted by Crippen LogP contribution is -2.58. The standard InChI is InChI=1S/C28H39ClO5/c1-5-6-7-8-24(33)34-15-23(32)25-16(2)11-19-18-13-21(29)20-12-17(30)9-10-27(20,3)26(18)22(31)14-28(19,25)4/h9-10,12,16,18-19,21-22,25-26,31H,5-8,11,13-15H2,1-4H3/t16?,18-,19-,21?,22?,25+,26+,27-,28-/m0/s1. The van der Waals surface area contributed by atoms with Crippen LogP contribution in [0.2, 0.25) is 0 Å². The van der Waals surface area contributed by atoms with Crippen molar-refractivity contribution >= 4 is 29.1 Å². The second-order valence-corrected chi connectivity index (χ2v) is 12.2. The van der Waals surface area contributed by atoms with Crippen molar-refractivity contribution in [1.82, 2.24) is 0 Å². The number of ketones is 2. The number of carbonyl (C=O) groups excluding carboxylic acids is 3. The molecule has 3 unspecified atom stereocenters. The van der Waals surface area contributed by atoms with E-state index in [-0.39, 0.29) is 64.5 Å². The van der Waals surface area contributed by atoms with Crippen molar-refractivity contribution in [3.63, 3.8) is 0 Å². The van der Waals surface area contributed by atoms with E-state index in [1.807, 2.05) is 6.08 Å². The van der Waals surface area contributed by atoms with Crippen molar-refractivity contribution in [1.29, 1.82) is 0 Å². The summed E-state index contributed by atoms with van der Waals surface area (Å²) in [7, 11) is 0. The van der Waals surface area contributed by atoms with Gasteiger partial charge in [0.2, 0.25) is 0 Å². The van der Waals surface area contributed by atoms with Crippen LogP contribution in [0.25, 0.3) is 0 Å². The van der Waals surface area contributed by atoms with E-state index in [0.29, 0.717) is 19.3 Å². The minimum atomic E-state index is -0.598. The van der Waals surface area contributed by atoms with Gasteiger partial charge in [-0.25, -0.2) is 0 Å². The van der Waals surface area contributed by atoms with Crippen LogP contribution in [0, 0.1) is 40.4 Å². The first kappa shape index (κ1) is 25.6. The minimum absolute atomic E-state index is 0.0276. The van der Waals surface area contributed by atoms with E-state index < -0.39 is 11.5 Å². The molecule has 0 aromatic rings. The average molecular weight is 491 g/mol. The predicted octanol–water partition coefficient (Wildman–Crippen LogP) is 5.04. The predicted molar refractivity (Wildman–Crippen MR) is 131 cm³/mol. The number of ether oxygens (including phenoxy) is 1. The number of allylic oxidation sites excluding steroid dienone is 4. The summed E-state index contributed by atoms with van der Waals surface area (Å²) in [4.78, 5) is 37.5. The molecule has 0 heterocycles.